The van der Waals surface area contributed by atoms with Crippen LogP contribution in [-0.2, 0) is 0 Å². The number of benzene rings is 1. The van der Waals surface area contributed by atoms with Gasteiger partial charge in [0.1, 0.15) is 5.58 Å². The van der Waals surface area contributed by atoms with E-state index in [0.717, 1.165) is 13.1 Å². The third-order valence-electron chi connectivity index (χ3n) is 3.79. The predicted molar refractivity (Wildman–Crippen MR) is 83.9 cm³/mol. The van der Waals surface area contributed by atoms with Crippen LogP contribution in [0.1, 0.15) is 0 Å². The second kappa shape index (κ2) is 5.58. The van der Waals surface area contributed by atoms with E-state index < -0.39 is 16.0 Å². The van der Waals surface area contributed by atoms with Gasteiger partial charge in [0.05, 0.1) is 10.3 Å². The van der Waals surface area contributed by atoms with Gasteiger partial charge in [0.15, 0.2) is 0 Å². The lowest BCUT2D eigenvalue weighted by atomic mass is 10.2. The number of fused-ring (bicyclic) bond motifs is 1. The molecule has 0 unspecified atom stereocenters. The Hall–Kier alpha value is -2.12. The average Bonchev–Trinajstić information content (AvgIpc) is 2.47. The van der Waals surface area contributed by atoms with Crippen LogP contribution in [0.2, 0.25) is 5.02 Å². The fourth-order valence-corrected chi connectivity index (χ4v) is 2.69. The maximum Gasteiger partial charge on any atom is 0.376 e. The molecule has 2 aromatic rings. The van der Waals surface area contributed by atoms with Crippen LogP contribution in [0.25, 0.3) is 11.0 Å². The van der Waals surface area contributed by atoms with Gasteiger partial charge in [-0.15, -0.1) is 0 Å². The number of nitrogens with zero attached hydrogens (tertiary/aromatic N) is 3. The molecule has 7 nitrogen and oxygen atoms in total. The van der Waals surface area contributed by atoms with Gasteiger partial charge in [-0.2, -0.15) is 0 Å². The molecule has 1 aliphatic rings. The lowest BCUT2D eigenvalue weighted by Crippen LogP contribution is -2.45. The minimum Gasteiger partial charge on any atom is -0.434 e. The molecule has 1 aromatic heterocycles. The lowest BCUT2D eigenvalue weighted by molar-refractivity contribution is -0.385. The molecule has 116 valence electrons. The summed E-state index contributed by atoms with van der Waals surface area (Å²) < 4.78 is 5.67. The van der Waals surface area contributed by atoms with Crippen molar-refractivity contribution in [3.8, 4) is 0 Å². The molecule has 0 aliphatic carbocycles. The summed E-state index contributed by atoms with van der Waals surface area (Å²) in [6.45, 7) is 2.61. The molecule has 3 rings (SSSR count). The molecule has 22 heavy (non-hydrogen) atoms. The van der Waals surface area contributed by atoms with Gasteiger partial charge >= 0.3 is 5.69 Å². The molecule has 8 heteroatoms. The molecule has 0 N–H and O–H groups in total. The molecular formula is C14H14ClN3O4. The van der Waals surface area contributed by atoms with Crippen LogP contribution in [0, 0.1) is 10.1 Å². The first-order valence-corrected chi connectivity index (χ1v) is 7.19. The lowest BCUT2D eigenvalue weighted by Gasteiger charge is -2.32. The Bertz CT molecular complexity index is 797. The second-order valence-corrected chi connectivity index (χ2v) is 5.71. The molecule has 0 saturated carbocycles. The van der Waals surface area contributed by atoms with Crippen molar-refractivity contribution in [2.45, 2.75) is 0 Å². The van der Waals surface area contributed by atoms with Crippen LogP contribution >= 0.6 is 11.6 Å². The fraction of sp³-hybridized carbons (Fsp3) is 0.357. The molecular weight excluding hydrogens is 310 g/mol. The number of halogens is 1. The standard InChI is InChI=1S/C14H14ClN3O4/c1-16-4-6-17(7-5-16)14-12(18(20)21)13(19)10-3-2-9(15)8-11(10)22-14/h2-3,8H,4-7H2,1H3. The van der Waals surface area contributed by atoms with Crippen molar-refractivity contribution < 1.29 is 9.34 Å². The van der Waals surface area contributed by atoms with Crippen molar-refractivity contribution in [3.05, 3.63) is 43.6 Å². The third-order valence-corrected chi connectivity index (χ3v) is 4.02. The fourth-order valence-electron chi connectivity index (χ4n) is 2.53. The summed E-state index contributed by atoms with van der Waals surface area (Å²) in [6, 6.07) is 4.46. The number of hydrogen-bond donors (Lipinski definition) is 0. The average molecular weight is 324 g/mol. The Kier molecular flexibility index (Phi) is 3.76. The highest BCUT2D eigenvalue weighted by atomic mass is 35.5. The maximum absolute atomic E-state index is 12.4. The van der Waals surface area contributed by atoms with Crippen LogP contribution in [0.15, 0.2) is 27.4 Å². The van der Waals surface area contributed by atoms with Crippen LogP contribution in [0.5, 0.6) is 0 Å². The van der Waals surface area contributed by atoms with E-state index in [1.54, 1.807) is 4.90 Å². The van der Waals surface area contributed by atoms with Crippen molar-refractivity contribution in [2.24, 2.45) is 0 Å². The van der Waals surface area contributed by atoms with Crippen LogP contribution in [0.3, 0.4) is 0 Å². The second-order valence-electron chi connectivity index (χ2n) is 5.27. The Morgan fingerprint density at radius 2 is 1.95 bits per heavy atom. The summed E-state index contributed by atoms with van der Waals surface area (Å²) in [5.74, 6) is 0.0119. The first-order valence-electron chi connectivity index (χ1n) is 6.81. The van der Waals surface area contributed by atoms with Gasteiger partial charge in [-0.05, 0) is 19.2 Å². The van der Waals surface area contributed by atoms with E-state index in [1.165, 1.54) is 18.2 Å². The van der Waals surface area contributed by atoms with Crippen molar-refractivity contribution in [3.63, 3.8) is 0 Å². The molecule has 0 radical (unpaired) electrons. The third kappa shape index (κ3) is 2.53. The summed E-state index contributed by atoms with van der Waals surface area (Å²) in [5.41, 5.74) is -0.895. The normalized spacial score (nSPS) is 16.2. The number of rotatable bonds is 2. The number of hydrogen-bond acceptors (Lipinski definition) is 6. The summed E-state index contributed by atoms with van der Waals surface area (Å²) in [5, 5.41) is 11.9. The molecule has 2 heterocycles. The summed E-state index contributed by atoms with van der Waals surface area (Å²) >= 11 is 5.91. The van der Waals surface area contributed by atoms with E-state index in [9.17, 15) is 14.9 Å². The Morgan fingerprint density at radius 3 is 2.59 bits per heavy atom. The quantitative estimate of drug-likeness (QED) is 0.622. The monoisotopic (exact) mass is 323 g/mol. The molecule has 1 saturated heterocycles. The zero-order chi connectivity index (χ0) is 15.9. The van der Waals surface area contributed by atoms with Gasteiger partial charge in [0.25, 0.3) is 11.3 Å². The minimum atomic E-state index is -0.673. The summed E-state index contributed by atoms with van der Waals surface area (Å²) in [4.78, 5) is 26.9. The highest BCUT2D eigenvalue weighted by Gasteiger charge is 2.30. The smallest absolute Gasteiger partial charge is 0.376 e. The van der Waals surface area contributed by atoms with Gasteiger partial charge in [-0.3, -0.25) is 14.9 Å². The van der Waals surface area contributed by atoms with E-state index in [0.29, 0.717) is 18.1 Å². The molecule has 0 spiro atoms. The highest BCUT2D eigenvalue weighted by molar-refractivity contribution is 6.31. The predicted octanol–water partition coefficient (Wildman–Crippen LogP) is 2.11. The molecule has 1 fully saturated rings. The topological polar surface area (TPSA) is 79.8 Å². The Morgan fingerprint density at radius 1 is 1.27 bits per heavy atom. The van der Waals surface area contributed by atoms with Crippen LogP contribution in [0.4, 0.5) is 11.6 Å². The number of nitro groups is 1. The van der Waals surface area contributed by atoms with Crippen LogP contribution in [-0.4, -0.2) is 43.0 Å². The highest BCUT2D eigenvalue weighted by Crippen LogP contribution is 2.30. The van der Waals surface area contributed by atoms with Gasteiger partial charge in [-0.25, -0.2) is 0 Å². The van der Waals surface area contributed by atoms with Gasteiger partial charge in [0.2, 0.25) is 0 Å². The maximum atomic E-state index is 12.4. The van der Waals surface area contributed by atoms with E-state index in [1.807, 2.05) is 7.05 Å². The van der Waals surface area contributed by atoms with Gasteiger partial charge < -0.3 is 14.2 Å². The zero-order valence-corrected chi connectivity index (χ0v) is 12.7. The van der Waals surface area contributed by atoms with E-state index in [4.69, 9.17) is 16.0 Å². The van der Waals surface area contributed by atoms with E-state index >= 15 is 0 Å². The molecule has 1 aromatic carbocycles. The van der Waals surface area contributed by atoms with Crippen LogP contribution < -0.4 is 10.3 Å². The number of piperazine rings is 1. The minimum absolute atomic E-state index is 0.0119. The number of likely N-dealkylation sites (N-methyl/N-ethyl adjacent to an activating group) is 1. The summed E-state index contributed by atoms with van der Waals surface area (Å²) in [7, 11) is 1.97. The molecule has 0 bridgehead atoms. The Balaban J connectivity index is 2.21. The zero-order valence-electron chi connectivity index (χ0n) is 11.9. The van der Waals surface area contributed by atoms with E-state index in [-0.39, 0.29) is 16.9 Å². The van der Waals surface area contributed by atoms with Crippen molar-refractivity contribution in [2.75, 3.05) is 38.1 Å². The first-order chi connectivity index (χ1) is 10.5. The van der Waals surface area contributed by atoms with Gasteiger partial charge in [-0.1, -0.05) is 11.6 Å². The molecule has 0 amide bonds. The first kappa shape index (κ1) is 14.8. The SMILES string of the molecule is CN1CCN(c2oc3cc(Cl)ccc3c(=O)c2[N+](=O)[O-])CC1. The molecule has 0 atom stereocenters. The van der Waals surface area contributed by atoms with Crippen molar-refractivity contribution in [1.82, 2.24) is 4.90 Å². The van der Waals surface area contributed by atoms with Crippen molar-refractivity contribution >= 4 is 34.1 Å². The van der Waals surface area contributed by atoms with E-state index in [2.05, 4.69) is 4.90 Å². The molecule has 1 aliphatic heterocycles. The van der Waals surface area contributed by atoms with Gasteiger partial charge in [0, 0.05) is 37.3 Å². The summed E-state index contributed by atoms with van der Waals surface area (Å²) in [6.07, 6.45) is 0. The number of anilines is 1. The van der Waals surface area contributed by atoms with Crippen molar-refractivity contribution in [1.29, 1.82) is 0 Å². The largest absolute Gasteiger partial charge is 0.434 e. The Labute approximate surface area is 130 Å².